The van der Waals surface area contributed by atoms with Crippen molar-refractivity contribution in [2.75, 3.05) is 0 Å². The molecule has 1 nitrogen and oxygen atoms in total. The van der Waals surface area contributed by atoms with Crippen LogP contribution in [-0.4, -0.2) is 5.11 Å². The second-order valence-electron chi connectivity index (χ2n) is 5.04. The van der Waals surface area contributed by atoms with Gasteiger partial charge in [0.15, 0.2) is 0 Å². The lowest BCUT2D eigenvalue weighted by Crippen LogP contribution is -2.12. The van der Waals surface area contributed by atoms with Gasteiger partial charge in [-0.3, -0.25) is 0 Å². The number of para-hydroxylation sites is 1. The standard InChI is InChI=1S/C14H18O/c15-14-12(10-4-1-5-10)8-3-9-13(14)11-6-2-7-11/h3,8-11,15H,1-2,4-7H2. The number of hydrogen-bond donors (Lipinski definition) is 1. The van der Waals surface area contributed by atoms with Crippen molar-refractivity contribution in [1.29, 1.82) is 0 Å². The van der Waals surface area contributed by atoms with E-state index < -0.39 is 0 Å². The summed E-state index contributed by atoms with van der Waals surface area (Å²) in [6.07, 6.45) is 7.72. The molecule has 0 unspecified atom stereocenters. The summed E-state index contributed by atoms with van der Waals surface area (Å²) in [5.74, 6) is 1.90. The van der Waals surface area contributed by atoms with Gasteiger partial charge in [-0.1, -0.05) is 31.0 Å². The lowest BCUT2D eigenvalue weighted by atomic mass is 9.75. The van der Waals surface area contributed by atoms with Gasteiger partial charge in [0, 0.05) is 0 Å². The molecule has 80 valence electrons. The van der Waals surface area contributed by atoms with Crippen molar-refractivity contribution < 1.29 is 5.11 Å². The molecule has 1 N–H and O–H groups in total. The normalized spacial score (nSPS) is 22.1. The van der Waals surface area contributed by atoms with E-state index in [9.17, 15) is 5.11 Å². The van der Waals surface area contributed by atoms with E-state index in [2.05, 4.69) is 18.2 Å². The summed E-state index contributed by atoms with van der Waals surface area (Å²) in [5.41, 5.74) is 2.43. The molecule has 2 saturated carbocycles. The Kier molecular flexibility index (Phi) is 2.19. The Labute approximate surface area is 91.1 Å². The number of phenols is 1. The van der Waals surface area contributed by atoms with E-state index in [0.29, 0.717) is 17.6 Å². The van der Waals surface area contributed by atoms with Crippen LogP contribution in [0.15, 0.2) is 18.2 Å². The van der Waals surface area contributed by atoms with Crippen LogP contribution in [0.1, 0.15) is 61.5 Å². The Bertz CT molecular complexity index is 329. The van der Waals surface area contributed by atoms with Crippen LogP contribution >= 0.6 is 0 Å². The predicted octanol–water partition coefficient (Wildman–Crippen LogP) is 3.93. The summed E-state index contributed by atoms with van der Waals surface area (Å²) in [5, 5.41) is 10.3. The third kappa shape index (κ3) is 1.45. The van der Waals surface area contributed by atoms with Crippen LogP contribution in [0, 0.1) is 0 Å². The first kappa shape index (κ1) is 9.26. The zero-order valence-corrected chi connectivity index (χ0v) is 9.08. The lowest BCUT2D eigenvalue weighted by Gasteiger charge is -2.31. The number of phenolic OH excluding ortho intramolecular Hbond substituents is 1. The van der Waals surface area contributed by atoms with E-state index in [4.69, 9.17) is 0 Å². The molecule has 0 aromatic heterocycles. The summed E-state index contributed by atoms with van der Waals surface area (Å²) >= 11 is 0. The Morgan fingerprint density at radius 1 is 0.867 bits per heavy atom. The van der Waals surface area contributed by atoms with Gasteiger partial charge >= 0.3 is 0 Å². The monoisotopic (exact) mass is 202 g/mol. The first-order valence-electron chi connectivity index (χ1n) is 6.18. The van der Waals surface area contributed by atoms with Crippen LogP contribution < -0.4 is 0 Å². The summed E-state index contributed by atoms with van der Waals surface area (Å²) < 4.78 is 0. The van der Waals surface area contributed by atoms with Gasteiger partial charge in [-0.05, 0) is 48.6 Å². The molecule has 1 aromatic rings. The summed E-state index contributed by atoms with van der Waals surface area (Å²) in [6, 6.07) is 6.35. The quantitative estimate of drug-likeness (QED) is 0.770. The minimum Gasteiger partial charge on any atom is -0.507 e. The van der Waals surface area contributed by atoms with Crippen LogP contribution in [-0.2, 0) is 0 Å². The van der Waals surface area contributed by atoms with Crippen LogP contribution in [0.25, 0.3) is 0 Å². The van der Waals surface area contributed by atoms with Crippen LogP contribution in [0.2, 0.25) is 0 Å². The SMILES string of the molecule is Oc1c(C2CCC2)cccc1C1CCC1. The molecule has 1 aromatic carbocycles. The van der Waals surface area contributed by atoms with Crippen LogP contribution in [0.5, 0.6) is 5.75 Å². The van der Waals surface area contributed by atoms with E-state index in [-0.39, 0.29) is 0 Å². The van der Waals surface area contributed by atoms with E-state index in [1.807, 2.05) is 0 Å². The van der Waals surface area contributed by atoms with Crippen molar-refractivity contribution in [3.8, 4) is 5.75 Å². The molecular weight excluding hydrogens is 184 g/mol. The molecular formula is C14H18O. The molecule has 0 aliphatic heterocycles. The second-order valence-corrected chi connectivity index (χ2v) is 5.04. The third-order valence-electron chi connectivity index (χ3n) is 4.19. The minimum absolute atomic E-state index is 0.618. The van der Waals surface area contributed by atoms with Crippen LogP contribution in [0.3, 0.4) is 0 Å². The van der Waals surface area contributed by atoms with E-state index in [1.165, 1.54) is 49.7 Å². The molecule has 2 aliphatic rings. The highest BCUT2D eigenvalue weighted by molar-refractivity contribution is 5.45. The number of aromatic hydroxyl groups is 1. The Hall–Kier alpha value is -0.980. The molecule has 3 rings (SSSR count). The highest BCUT2D eigenvalue weighted by atomic mass is 16.3. The van der Waals surface area contributed by atoms with Crippen molar-refractivity contribution in [2.24, 2.45) is 0 Å². The highest BCUT2D eigenvalue weighted by Crippen LogP contribution is 2.46. The summed E-state index contributed by atoms with van der Waals surface area (Å²) in [7, 11) is 0. The maximum Gasteiger partial charge on any atom is 0.122 e. The van der Waals surface area contributed by atoms with E-state index >= 15 is 0 Å². The zero-order chi connectivity index (χ0) is 10.3. The van der Waals surface area contributed by atoms with Crippen molar-refractivity contribution in [1.82, 2.24) is 0 Å². The largest absolute Gasteiger partial charge is 0.507 e. The molecule has 2 fully saturated rings. The predicted molar refractivity (Wildman–Crippen MR) is 61.3 cm³/mol. The maximum absolute atomic E-state index is 10.3. The average molecular weight is 202 g/mol. The lowest BCUT2D eigenvalue weighted by molar-refractivity contribution is 0.370. The van der Waals surface area contributed by atoms with Gasteiger partial charge in [-0.15, -0.1) is 0 Å². The third-order valence-corrected chi connectivity index (χ3v) is 4.19. The van der Waals surface area contributed by atoms with Gasteiger partial charge < -0.3 is 5.11 Å². The Balaban J connectivity index is 1.93. The first-order valence-corrected chi connectivity index (χ1v) is 6.18. The van der Waals surface area contributed by atoms with Crippen molar-refractivity contribution in [3.63, 3.8) is 0 Å². The summed E-state index contributed by atoms with van der Waals surface area (Å²) in [6.45, 7) is 0. The second kappa shape index (κ2) is 3.55. The molecule has 0 spiro atoms. The molecule has 0 saturated heterocycles. The van der Waals surface area contributed by atoms with Gasteiger partial charge in [-0.25, -0.2) is 0 Å². The topological polar surface area (TPSA) is 20.2 Å². The van der Waals surface area contributed by atoms with Gasteiger partial charge in [0.05, 0.1) is 0 Å². The van der Waals surface area contributed by atoms with Crippen LogP contribution in [0.4, 0.5) is 0 Å². The smallest absolute Gasteiger partial charge is 0.122 e. The fourth-order valence-electron chi connectivity index (χ4n) is 2.68. The molecule has 0 atom stereocenters. The molecule has 0 amide bonds. The summed E-state index contributed by atoms with van der Waals surface area (Å²) in [4.78, 5) is 0. The Morgan fingerprint density at radius 2 is 1.33 bits per heavy atom. The average Bonchev–Trinajstić information content (AvgIpc) is 2.05. The van der Waals surface area contributed by atoms with E-state index in [1.54, 1.807) is 0 Å². The molecule has 0 radical (unpaired) electrons. The first-order chi connectivity index (χ1) is 7.36. The van der Waals surface area contributed by atoms with Crippen molar-refractivity contribution in [2.45, 2.75) is 50.4 Å². The zero-order valence-electron chi connectivity index (χ0n) is 9.08. The molecule has 1 heteroatoms. The minimum atomic E-state index is 0.618. The fourth-order valence-corrected chi connectivity index (χ4v) is 2.68. The van der Waals surface area contributed by atoms with Gasteiger partial charge in [0.2, 0.25) is 0 Å². The Morgan fingerprint density at radius 3 is 1.67 bits per heavy atom. The maximum atomic E-state index is 10.3. The fraction of sp³-hybridized carbons (Fsp3) is 0.571. The van der Waals surface area contributed by atoms with E-state index in [0.717, 1.165) is 0 Å². The van der Waals surface area contributed by atoms with Gasteiger partial charge in [-0.2, -0.15) is 0 Å². The highest BCUT2D eigenvalue weighted by Gasteiger charge is 2.27. The number of benzene rings is 1. The van der Waals surface area contributed by atoms with Crippen molar-refractivity contribution in [3.05, 3.63) is 29.3 Å². The molecule has 15 heavy (non-hydrogen) atoms. The van der Waals surface area contributed by atoms with Crippen molar-refractivity contribution >= 4 is 0 Å². The number of hydrogen-bond acceptors (Lipinski definition) is 1. The number of rotatable bonds is 2. The molecule has 0 bridgehead atoms. The van der Waals surface area contributed by atoms with Gasteiger partial charge in [0.1, 0.15) is 5.75 Å². The molecule has 2 aliphatic carbocycles. The molecule has 0 heterocycles. The van der Waals surface area contributed by atoms with Gasteiger partial charge in [0.25, 0.3) is 0 Å².